The Hall–Kier alpha value is -2.34. The number of esters is 1. The number of amides is 1. The maximum Gasteiger partial charge on any atom is 0.336 e. The number of carbonyl (C=O) groups excluding carboxylic acids is 2. The summed E-state index contributed by atoms with van der Waals surface area (Å²) in [4.78, 5) is 22.6. The molecule has 0 saturated heterocycles. The third-order valence-corrected chi connectivity index (χ3v) is 2.58. The van der Waals surface area contributed by atoms with Crippen LogP contribution >= 0.6 is 0 Å². The Morgan fingerprint density at radius 2 is 2.10 bits per heavy atom. The number of hydrogen-bond acceptors (Lipinski definition) is 5. The molecule has 1 rings (SSSR count). The van der Waals surface area contributed by atoms with Gasteiger partial charge in [-0.05, 0) is 19.1 Å². The van der Waals surface area contributed by atoms with Crippen molar-refractivity contribution in [3.05, 3.63) is 35.9 Å². The van der Waals surface area contributed by atoms with Crippen molar-refractivity contribution in [3.63, 3.8) is 0 Å². The summed E-state index contributed by atoms with van der Waals surface area (Å²) in [5.41, 5.74) is 0.767. The molecule has 1 aromatic carbocycles. The molecule has 6 heteroatoms. The highest BCUT2D eigenvalue weighted by Crippen LogP contribution is 2.19. The van der Waals surface area contributed by atoms with Crippen LogP contribution in [-0.4, -0.2) is 43.3 Å². The Balaban J connectivity index is 2.56. The molecular weight excluding hydrogens is 274 g/mol. The lowest BCUT2D eigenvalue weighted by Crippen LogP contribution is -2.36. The van der Waals surface area contributed by atoms with E-state index in [0.29, 0.717) is 12.4 Å². The number of rotatable bonds is 7. The van der Waals surface area contributed by atoms with Crippen LogP contribution < -0.4 is 10.1 Å². The van der Waals surface area contributed by atoms with Gasteiger partial charge in [-0.2, -0.15) is 0 Å². The second-order valence-corrected chi connectivity index (χ2v) is 4.09. The van der Waals surface area contributed by atoms with Crippen LogP contribution in [0, 0.1) is 0 Å². The molecule has 2 N–H and O–H groups in total. The monoisotopic (exact) mass is 293 g/mol. The standard InChI is InChI=1S/C15H19NO5/c1-3-21-13-7-5-4-6-11(13)8-9-14(18)16-10-12(17)15(19)20-2/h4-9,12,17H,3,10H2,1-2H3,(H,16,18)/b9-8+. The van der Waals surface area contributed by atoms with E-state index in [1.807, 2.05) is 31.2 Å². The maximum atomic E-state index is 11.6. The summed E-state index contributed by atoms with van der Waals surface area (Å²) in [5, 5.41) is 11.7. The number of para-hydroxylation sites is 1. The molecule has 0 heterocycles. The van der Waals surface area contributed by atoms with Crippen LogP contribution in [-0.2, 0) is 14.3 Å². The molecule has 1 unspecified atom stereocenters. The molecule has 0 aliphatic rings. The minimum Gasteiger partial charge on any atom is -0.493 e. The quantitative estimate of drug-likeness (QED) is 0.572. The zero-order valence-corrected chi connectivity index (χ0v) is 12.0. The molecule has 0 aromatic heterocycles. The summed E-state index contributed by atoms with van der Waals surface area (Å²) < 4.78 is 9.77. The van der Waals surface area contributed by atoms with E-state index in [1.165, 1.54) is 6.08 Å². The number of aliphatic hydroxyl groups excluding tert-OH is 1. The van der Waals surface area contributed by atoms with Crippen LogP contribution in [0.1, 0.15) is 12.5 Å². The topological polar surface area (TPSA) is 84.9 Å². The molecule has 6 nitrogen and oxygen atoms in total. The predicted molar refractivity (Wildman–Crippen MR) is 77.7 cm³/mol. The minimum atomic E-state index is -1.37. The third kappa shape index (κ3) is 5.66. The highest BCUT2D eigenvalue weighted by Gasteiger charge is 2.15. The Morgan fingerprint density at radius 1 is 1.38 bits per heavy atom. The number of hydrogen-bond donors (Lipinski definition) is 2. The number of methoxy groups -OCH3 is 1. The van der Waals surface area contributed by atoms with Crippen molar-refractivity contribution in [2.75, 3.05) is 20.3 Å². The van der Waals surface area contributed by atoms with Gasteiger partial charge in [-0.25, -0.2) is 4.79 Å². The molecular formula is C15H19NO5. The molecule has 21 heavy (non-hydrogen) atoms. The Morgan fingerprint density at radius 3 is 2.76 bits per heavy atom. The van der Waals surface area contributed by atoms with Crippen molar-refractivity contribution >= 4 is 18.0 Å². The van der Waals surface area contributed by atoms with Crippen LogP contribution in [0.3, 0.4) is 0 Å². The number of nitrogens with one attached hydrogen (secondary N) is 1. The molecule has 0 aliphatic heterocycles. The van der Waals surface area contributed by atoms with Crippen LogP contribution in [0.2, 0.25) is 0 Å². The summed E-state index contributed by atoms with van der Waals surface area (Å²) in [6.07, 6.45) is 1.54. The third-order valence-electron chi connectivity index (χ3n) is 2.58. The minimum absolute atomic E-state index is 0.205. The molecule has 114 valence electrons. The SMILES string of the molecule is CCOc1ccccc1/C=C/C(=O)NCC(O)C(=O)OC. The average Bonchev–Trinajstić information content (AvgIpc) is 2.51. The zero-order chi connectivity index (χ0) is 15.7. The molecule has 1 amide bonds. The summed E-state index contributed by atoms with van der Waals surface area (Å²) in [7, 11) is 1.16. The molecule has 0 spiro atoms. The average molecular weight is 293 g/mol. The lowest BCUT2D eigenvalue weighted by molar-refractivity contribution is -0.150. The van der Waals surface area contributed by atoms with Gasteiger partial charge >= 0.3 is 5.97 Å². The molecule has 0 radical (unpaired) electrons. The Labute approximate surface area is 123 Å². The smallest absolute Gasteiger partial charge is 0.336 e. The normalized spacial score (nSPS) is 12.0. The van der Waals surface area contributed by atoms with Crippen LogP contribution in [0.5, 0.6) is 5.75 Å². The van der Waals surface area contributed by atoms with Crippen LogP contribution in [0.25, 0.3) is 6.08 Å². The van der Waals surface area contributed by atoms with Gasteiger partial charge in [0.2, 0.25) is 5.91 Å². The van der Waals surface area contributed by atoms with Gasteiger partial charge in [0, 0.05) is 11.6 Å². The van der Waals surface area contributed by atoms with Crippen molar-refractivity contribution < 1.29 is 24.2 Å². The molecule has 0 saturated carbocycles. The maximum absolute atomic E-state index is 11.6. The fraction of sp³-hybridized carbons (Fsp3) is 0.333. The molecule has 0 aliphatic carbocycles. The van der Waals surface area contributed by atoms with Gasteiger partial charge < -0.3 is 19.9 Å². The molecule has 1 aromatic rings. The molecule has 0 bridgehead atoms. The largest absolute Gasteiger partial charge is 0.493 e. The molecule has 0 fully saturated rings. The second kappa shape index (κ2) is 8.76. The van der Waals surface area contributed by atoms with E-state index in [0.717, 1.165) is 12.7 Å². The lowest BCUT2D eigenvalue weighted by Gasteiger charge is -2.08. The number of carbonyl (C=O) groups is 2. The van der Waals surface area contributed by atoms with Crippen molar-refractivity contribution in [1.29, 1.82) is 0 Å². The highest BCUT2D eigenvalue weighted by molar-refractivity contribution is 5.92. The van der Waals surface area contributed by atoms with E-state index < -0.39 is 18.0 Å². The first-order valence-electron chi connectivity index (χ1n) is 6.52. The highest BCUT2D eigenvalue weighted by atomic mass is 16.5. The number of ether oxygens (including phenoxy) is 2. The van der Waals surface area contributed by atoms with Gasteiger partial charge in [-0.3, -0.25) is 4.79 Å². The van der Waals surface area contributed by atoms with Gasteiger partial charge in [0.15, 0.2) is 6.10 Å². The van der Waals surface area contributed by atoms with Crippen molar-refractivity contribution in [1.82, 2.24) is 5.32 Å². The molecule has 1 atom stereocenters. The van der Waals surface area contributed by atoms with E-state index in [1.54, 1.807) is 6.08 Å². The Bertz CT molecular complexity index is 513. The van der Waals surface area contributed by atoms with E-state index in [-0.39, 0.29) is 6.54 Å². The van der Waals surface area contributed by atoms with Crippen molar-refractivity contribution in [2.24, 2.45) is 0 Å². The van der Waals surface area contributed by atoms with Gasteiger partial charge in [-0.15, -0.1) is 0 Å². The second-order valence-electron chi connectivity index (χ2n) is 4.09. The fourth-order valence-corrected chi connectivity index (χ4v) is 1.55. The van der Waals surface area contributed by atoms with E-state index in [2.05, 4.69) is 10.1 Å². The van der Waals surface area contributed by atoms with E-state index >= 15 is 0 Å². The summed E-state index contributed by atoms with van der Waals surface area (Å²) in [5.74, 6) is -0.538. The number of aliphatic hydroxyl groups is 1. The first-order valence-corrected chi connectivity index (χ1v) is 6.52. The van der Waals surface area contributed by atoms with Crippen LogP contribution in [0.4, 0.5) is 0 Å². The Kier molecular flexibility index (Phi) is 6.97. The fourth-order valence-electron chi connectivity index (χ4n) is 1.55. The summed E-state index contributed by atoms with van der Waals surface area (Å²) >= 11 is 0. The van der Waals surface area contributed by atoms with Crippen molar-refractivity contribution in [3.8, 4) is 5.75 Å². The van der Waals surface area contributed by atoms with E-state index in [9.17, 15) is 14.7 Å². The lowest BCUT2D eigenvalue weighted by atomic mass is 10.2. The predicted octanol–water partition coefficient (Wildman–Crippen LogP) is 0.749. The zero-order valence-electron chi connectivity index (χ0n) is 12.0. The van der Waals surface area contributed by atoms with E-state index in [4.69, 9.17) is 4.74 Å². The van der Waals surface area contributed by atoms with Crippen LogP contribution in [0.15, 0.2) is 30.3 Å². The van der Waals surface area contributed by atoms with Gasteiger partial charge in [0.05, 0.1) is 20.3 Å². The van der Waals surface area contributed by atoms with Crippen molar-refractivity contribution in [2.45, 2.75) is 13.0 Å². The summed E-state index contributed by atoms with van der Waals surface area (Å²) in [6, 6.07) is 7.30. The van der Waals surface area contributed by atoms with Gasteiger partial charge in [0.25, 0.3) is 0 Å². The first kappa shape index (κ1) is 16.7. The number of benzene rings is 1. The first-order chi connectivity index (χ1) is 10.1. The van der Waals surface area contributed by atoms with Gasteiger partial charge in [-0.1, -0.05) is 18.2 Å². The summed E-state index contributed by atoms with van der Waals surface area (Å²) in [6.45, 7) is 2.20. The van der Waals surface area contributed by atoms with Gasteiger partial charge in [0.1, 0.15) is 5.75 Å².